The van der Waals surface area contributed by atoms with Crippen molar-refractivity contribution in [2.45, 2.75) is 39.0 Å². The van der Waals surface area contributed by atoms with Crippen LogP contribution in [0.15, 0.2) is 6.07 Å². The SMILES string of the molecule is CNc1cc(N2CCC(C(N)=O)CC2)nc(C(C)(C)C)n1. The van der Waals surface area contributed by atoms with Crippen molar-refractivity contribution in [3.05, 3.63) is 11.9 Å². The average molecular weight is 291 g/mol. The van der Waals surface area contributed by atoms with E-state index in [1.165, 1.54) is 0 Å². The molecule has 0 aromatic carbocycles. The van der Waals surface area contributed by atoms with Gasteiger partial charge in [-0.15, -0.1) is 0 Å². The summed E-state index contributed by atoms with van der Waals surface area (Å²) < 4.78 is 0. The number of carbonyl (C=O) groups is 1. The van der Waals surface area contributed by atoms with Crippen LogP contribution >= 0.6 is 0 Å². The molecule has 1 aliphatic rings. The van der Waals surface area contributed by atoms with E-state index in [0.717, 1.165) is 43.4 Å². The molecule has 1 aromatic rings. The van der Waals surface area contributed by atoms with Gasteiger partial charge in [-0.25, -0.2) is 9.97 Å². The predicted molar refractivity (Wildman–Crippen MR) is 84.4 cm³/mol. The number of carbonyl (C=O) groups excluding carboxylic acids is 1. The first kappa shape index (κ1) is 15.5. The van der Waals surface area contributed by atoms with E-state index in [9.17, 15) is 4.79 Å². The second-order valence-corrected chi connectivity index (χ2v) is 6.60. The first-order valence-electron chi connectivity index (χ1n) is 7.43. The third kappa shape index (κ3) is 3.62. The second kappa shape index (κ2) is 5.87. The molecule has 6 nitrogen and oxygen atoms in total. The van der Waals surface area contributed by atoms with Crippen LogP contribution in [0, 0.1) is 5.92 Å². The topological polar surface area (TPSA) is 84.1 Å². The molecule has 6 heteroatoms. The summed E-state index contributed by atoms with van der Waals surface area (Å²) in [6, 6.07) is 1.96. The van der Waals surface area contributed by atoms with Crippen LogP contribution in [0.5, 0.6) is 0 Å². The number of hydrogen-bond acceptors (Lipinski definition) is 5. The lowest BCUT2D eigenvalue weighted by atomic mass is 9.95. The number of anilines is 2. The molecular formula is C15H25N5O. The van der Waals surface area contributed by atoms with Crippen molar-refractivity contribution in [2.24, 2.45) is 11.7 Å². The van der Waals surface area contributed by atoms with Gasteiger partial charge in [0.1, 0.15) is 17.5 Å². The summed E-state index contributed by atoms with van der Waals surface area (Å²) in [5.74, 6) is 2.36. The molecule has 1 fully saturated rings. The highest BCUT2D eigenvalue weighted by molar-refractivity contribution is 5.77. The zero-order valence-electron chi connectivity index (χ0n) is 13.3. The average Bonchev–Trinajstić information content (AvgIpc) is 2.46. The predicted octanol–water partition coefficient (Wildman–Crippen LogP) is 1.52. The number of amides is 1. The van der Waals surface area contributed by atoms with Crippen molar-refractivity contribution >= 4 is 17.5 Å². The van der Waals surface area contributed by atoms with Gasteiger partial charge in [0.15, 0.2) is 0 Å². The molecule has 0 spiro atoms. The number of piperidine rings is 1. The first-order chi connectivity index (χ1) is 9.81. The van der Waals surface area contributed by atoms with E-state index in [2.05, 4.69) is 36.0 Å². The largest absolute Gasteiger partial charge is 0.373 e. The van der Waals surface area contributed by atoms with Crippen LogP contribution in [0.3, 0.4) is 0 Å². The van der Waals surface area contributed by atoms with Crippen molar-refractivity contribution in [1.29, 1.82) is 0 Å². The Morgan fingerprint density at radius 1 is 1.33 bits per heavy atom. The number of rotatable bonds is 3. The molecule has 0 atom stereocenters. The Morgan fingerprint density at radius 3 is 2.43 bits per heavy atom. The zero-order chi connectivity index (χ0) is 15.6. The molecule has 1 aromatic heterocycles. The number of primary amides is 1. The highest BCUT2D eigenvalue weighted by Gasteiger charge is 2.26. The van der Waals surface area contributed by atoms with Gasteiger partial charge in [0, 0.05) is 37.5 Å². The van der Waals surface area contributed by atoms with Crippen molar-refractivity contribution in [3.63, 3.8) is 0 Å². The van der Waals surface area contributed by atoms with Crippen LogP contribution in [0.2, 0.25) is 0 Å². The fourth-order valence-corrected chi connectivity index (χ4v) is 2.45. The van der Waals surface area contributed by atoms with Crippen molar-refractivity contribution < 1.29 is 4.79 Å². The molecule has 0 aliphatic carbocycles. The van der Waals surface area contributed by atoms with Crippen LogP contribution in [0.1, 0.15) is 39.4 Å². The van der Waals surface area contributed by atoms with Crippen molar-refractivity contribution in [1.82, 2.24) is 9.97 Å². The van der Waals surface area contributed by atoms with Gasteiger partial charge in [-0.1, -0.05) is 20.8 Å². The van der Waals surface area contributed by atoms with E-state index in [-0.39, 0.29) is 17.2 Å². The second-order valence-electron chi connectivity index (χ2n) is 6.60. The number of nitrogens with one attached hydrogen (secondary N) is 1. The Labute approximate surface area is 126 Å². The summed E-state index contributed by atoms with van der Waals surface area (Å²) in [6.07, 6.45) is 1.58. The normalized spacial score (nSPS) is 16.9. The van der Waals surface area contributed by atoms with Gasteiger partial charge in [-0.3, -0.25) is 4.79 Å². The van der Waals surface area contributed by atoms with Crippen LogP contribution in [0.25, 0.3) is 0 Å². The van der Waals surface area contributed by atoms with Gasteiger partial charge >= 0.3 is 0 Å². The van der Waals surface area contributed by atoms with E-state index in [4.69, 9.17) is 10.7 Å². The Morgan fingerprint density at radius 2 is 1.95 bits per heavy atom. The lowest BCUT2D eigenvalue weighted by Crippen LogP contribution is -2.39. The summed E-state index contributed by atoms with van der Waals surface area (Å²) in [5.41, 5.74) is 5.28. The molecule has 1 aliphatic heterocycles. The number of nitrogens with zero attached hydrogens (tertiary/aromatic N) is 3. The fraction of sp³-hybridized carbons (Fsp3) is 0.667. The maximum Gasteiger partial charge on any atom is 0.220 e. The lowest BCUT2D eigenvalue weighted by molar-refractivity contribution is -0.122. The monoisotopic (exact) mass is 291 g/mol. The van der Waals surface area contributed by atoms with E-state index in [1.807, 2.05) is 13.1 Å². The van der Waals surface area contributed by atoms with E-state index < -0.39 is 0 Å². The maximum absolute atomic E-state index is 11.3. The van der Waals surface area contributed by atoms with Gasteiger partial charge in [0.05, 0.1) is 0 Å². The first-order valence-corrected chi connectivity index (χ1v) is 7.43. The summed E-state index contributed by atoms with van der Waals surface area (Å²) in [7, 11) is 1.86. The molecule has 0 unspecified atom stereocenters. The Balaban J connectivity index is 2.22. The van der Waals surface area contributed by atoms with Gasteiger partial charge in [-0.2, -0.15) is 0 Å². The highest BCUT2D eigenvalue weighted by atomic mass is 16.1. The molecule has 0 bridgehead atoms. The summed E-state index contributed by atoms with van der Waals surface area (Å²) in [6.45, 7) is 7.91. The van der Waals surface area contributed by atoms with Gasteiger partial charge in [0.25, 0.3) is 0 Å². The van der Waals surface area contributed by atoms with Gasteiger partial charge in [-0.05, 0) is 12.8 Å². The molecule has 2 heterocycles. The molecule has 2 rings (SSSR count). The number of aromatic nitrogens is 2. The Bertz CT molecular complexity index is 515. The van der Waals surface area contributed by atoms with E-state index >= 15 is 0 Å². The molecular weight excluding hydrogens is 266 g/mol. The maximum atomic E-state index is 11.3. The lowest BCUT2D eigenvalue weighted by Gasteiger charge is -2.32. The number of hydrogen-bond donors (Lipinski definition) is 2. The summed E-state index contributed by atoms with van der Waals surface area (Å²) in [5, 5.41) is 3.09. The Kier molecular flexibility index (Phi) is 4.34. The fourth-order valence-electron chi connectivity index (χ4n) is 2.45. The van der Waals surface area contributed by atoms with Crippen LogP contribution < -0.4 is 16.0 Å². The van der Waals surface area contributed by atoms with Gasteiger partial charge in [0.2, 0.25) is 5.91 Å². The minimum atomic E-state index is -0.191. The third-order valence-electron chi connectivity index (χ3n) is 3.86. The quantitative estimate of drug-likeness (QED) is 0.882. The molecule has 116 valence electrons. The van der Waals surface area contributed by atoms with E-state index in [0.29, 0.717) is 0 Å². The third-order valence-corrected chi connectivity index (χ3v) is 3.86. The van der Waals surface area contributed by atoms with Crippen LogP contribution in [0.4, 0.5) is 11.6 Å². The number of nitrogens with two attached hydrogens (primary N) is 1. The molecule has 3 N–H and O–H groups in total. The van der Waals surface area contributed by atoms with E-state index in [1.54, 1.807) is 0 Å². The minimum Gasteiger partial charge on any atom is -0.373 e. The van der Waals surface area contributed by atoms with Gasteiger partial charge < -0.3 is 16.0 Å². The standard InChI is InChI=1S/C15H25N5O/c1-15(2,3)14-18-11(17-4)9-12(19-14)20-7-5-10(6-8-20)13(16)21/h9-10H,5-8H2,1-4H3,(H2,16,21)(H,17,18,19). The summed E-state index contributed by atoms with van der Waals surface area (Å²) >= 11 is 0. The molecule has 1 amide bonds. The van der Waals surface area contributed by atoms with Crippen molar-refractivity contribution in [3.8, 4) is 0 Å². The Hall–Kier alpha value is -1.85. The molecule has 0 saturated carbocycles. The van der Waals surface area contributed by atoms with Crippen LogP contribution in [-0.4, -0.2) is 36.0 Å². The molecule has 21 heavy (non-hydrogen) atoms. The summed E-state index contributed by atoms with van der Waals surface area (Å²) in [4.78, 5) is 22.7. The highest BCUT2D eigenvalue weighted by Crippen LogP contribution is 2.26. The van der Waals surface area contributed by atoms with Crippen LogP contribution in [-0.2, 0) is 10.2 Å². The van der Waals surface area contributed by atoms with Crippen molar-refractivity contribution in [2.75, 3.05) is 30.4 Å². The molecule has 1 saturated heterocycles. The zero-order valence-corrected chi connectivity index (χ0v) is 13.3. The molecule has 0 radical (unpaired) electrons. The smallest absolute Gasteiger partial charge is 0.220 e. The minimum absolute atomic E-state index is 0.00561.